The van der Waals surface area contributed by atoms with Crippen molar-refractivity contribution >= 4 is 33.3 Å². The Labute approximate surface area is 143 Å². The lowest BCUT2D eigenvalue weighted by molar-refractivity contribution is 0.673. The van der Waals surface area contributed by atoms with E-state index in [9.17, 15) is 4.79 Å². The van der Waals surface area contributed by atoms with Gasteiger partial charge in [-0.15, -0.1) is 17.9 Å². The smallest absolute Gasteiger partial charge is 0.263 e. The average Bonchev–Trinajstić information content (AvgIpc) is 2.96. The summed E-state index contributed by atoms with van der Waals surface area (Å²) < 4.78 is 1.72. The number of fused-ring (bicyclic) bond motifs is 1. The van der Waals surface area contributed by atoms with Crippen molar-refractivity contribution in [3.63, 3.8) is 0 Å². The average molecular weight is 342 g/mol. The zero-order valence-electron chi connectivity index (χ0n) is 13.2. The van der Waals surface area contributed by atoms with Crippen LogP contribution in [-0.2, 0) is 6.54 Å². The molecule has 0 spiro atoms. The second-order valence-electron chi connectivity index (χ2n) is 5.23. The molecule has 0 unspecified atom stereocenters. The van der Waals surface area contributed by atoms with Gasteiger partial charge in [0, 0.05) is 17.5 Å². The highest BCUT2D eigenvalue weighted by Gasteiger charge is 2.16. The van der Waals surface area contributed by atoms with Gasteiger partial charge < -0.3 is 0 Å². The summed E-state index contributed by atoms with van der Waals surface area (Å²) in [6, 6.07) is 8.25. The Balaban J connectivity index is 2.26. The molecule has 3 nitrogen and oxygen atoms in total. The fourth-order valence-electron chi connectivity index (χ4n) is 2.48. The van der Waals surface area contributed by atoms with Crippen molar-refractivity contribution in [3.05, 3.63) is 58.2 Å². The minimum Gasteiger partial charge on any atom is -0.283 e. The largest absolute Gasteiger partial charge is 0.283 e. The van der Waals surface area contributed by atoms with Crippen LogP contribution in [0.4, 0.5) is 0 Å². The van der Waals surface area contributed by atoms with Crippen molar-refractivity contribution in [2.24, 2.45) is 0 Å². The fraction of sp³-hybridized carbons (Fsp3) is 0.222. The number of thioether (sulfide) groups is 1. The molecule has 0 amide bonds. The van der Waals surface area contributed by atoms with Gasteiger partial charge in [0.05, 0.1) is 5.39 Å². The molecule has 0 aliphatic heterocycles. The molecule has 0 N–H and O–H groups in total. The standard InChI is InChI=1S/C18H18N2OS2/c1-4-10-20-17(21)15-14(13-8-6-12(3)7-9-13)11-23-16(15)19-18(20)22-5-2/h4,6-9,11H,1,5,10H2,2-3H3. The molecular formula is C18H18N2OS2. The Morgan fingerprint density at radius 3 is 2.74 bits per heavy atom. The lowest BCUT2D eigenvalue weighted by Gasteiger charge is -2.09. The van der Waals surface area contributed by atoms with Crippen LogP contribution in [0.5, 0.6) is 0 Å². The molecule has 2 heterocycles. The number of hydrogen-bond donors (Lipinski definition) is 0. The van der Waals surface area contributed by atoms with E-state index in [4.69, 9.17) is 4.98 Å². The summed E-state index contributed by atoms with van der Waals surface area (Å²) >= 11 is 3.12. The van der Waals surface area contributed by atoms with Crippen LogP contribution in [-0.4, -0.2) is 15.3 Å². The lowest BCUT2D eigenvalue weighted by atomic mass is 10.1. The number of aryl methyl sites for hydroxylation is 1. The molecule has 0 fully saturated rings. The van der Waals surface area contributed by atoms with Gasteiger partial charge in [0.15, 0.2) is 5.16 Å². The highest BCUT2D eigenvalue weighted by molar-refractivity contribution is 7.99. The van der Waals surface area contributed by atoms with Crippen LogP contribution in [0.25, 0.3) is 21.3 Å². The molecule has 23 heavy (non-hydrogen) atoms. The third kappa shape index (κ3) is 2.99. The second kappa shape index (κ2) is 6.72. The molecule has 0 saturated heterocycles. The highest BCUT2D eigenvalue weighted by Crippen LogP contribution is 2.32. The summed E-state index contributed by atoms with van der Waals surface area (Å²) in [6.45, 7) is 8.36. The maximum absolute atomic E-state index is 13.0. The topological polar surface area (TPSA) is 34.9 Å². The predicted molar refractivity (Wildman–Crippen MR) is 101 cm³/mol. The van der Waals surface area contributed by atoms with Gasteiger partial charge >= 0.3 is 0 Å². The summed E-state index contributed by atoms with van der Waals surface area (Å²) in [4.78, 5) is 18.5. The second-order valence-corrected chi connectivity index (χ2v) is 7.32. The quantitative estimate of drug-likeness (QED) is 0.382. The highest BCUT2D eigenvalue weighted by atomic mass is 32.2. The predicted octanol–water partition coefficient (Wildman–Crippen LogP) is 4.73. The zero-order chi connectivity index (χ0) is 16.4. The summed E-state index contributed by atoms with van der Waals surface area (Å²) in [5.74, 6) is 0.880. The molecule has 3 rings (SSSR count). The van der Waals surface area contributed by atoms with E-state index in [1.54, 1.807) is 22.4 Å². The number of aromatic nitrogens is 2. The first-order valence-corrected chi connectivity index (χ1v) is 9.35. The van der Waals surface area contributed by atoms with E-state index in [0.29, 0.717) is 11.9 Å². The molecular weight excluding hydrogens is 324 g/mol. The molecule has 2 aromatic heterocycles. The SMILES string of the molecule is C=CCn1c(SCC)nc2scc(-c3ccc(C)cc3)c2c1=O. The van der Waals surface area contributed by atoms with E-state index in [2.05, 4.69) is 44.7 Å². The molecule has 0 atom stereocenters. The molecule has 0 saturated carbocycles. The van der Waals surface area contributed by atoms with E-state index in [0.717, 1.165) is 26.9 Å². The number of nitrogens with zero attached hydrogens (tertiary/aromatic N) is 2. The van der Waals surface area contributed by atoms with Gasteiger partial charge in [0.2, 0.25) is 0 Å². The molecule has 3 aromatic rings. The Hall–Kier alpha value is -1.85. The Bertz CT molecular complexity index is 907. The summed E-state index contributed by atoms with van der Waals surface area (Å²) in [5.41, 5.74) is 3.25. The number of allylic oxidation sites excluding steroid dienone is 1. The summed E-state index contributed by atoms with van der Waals surface area (Å²) in [6.07, 6.45) is 1.74. The fourth-order valence-corrected chi connectivity index (χ4v) is 4.20. The van der Waals surface area contributed by atoms with Crippen LogP contribution in [0.3, 0.4) is 0 Å². The van der Waals surface area contributed by atoms with Gasteiger partial charge in [-0.05, 0) is 18.2 Å². The van der Waals surface area contributed by atoms with Crippen LogP contribution in [0, 0.1) is 6.92 Å². The van der Waals surface area contributed by atoms with Crippen molar-refractivity contribution in [1.82, 2.24) is 9.55 Å². The molecule has 0 aliphatic carbocycles. The molecule has 0 aliphatic rings. The first-order chi connectivity index (χ1) is 11.2. The number of benzene rings is 1. The Kier molecular flexibility index (Phi) is 4.68. The minimum atomic E-state index is 0.0164. The maximum Gasteiger partial charge on any atom is 0.263 e. The molecule has 1 aromatic carbocycles. The summed E-state index contributed by atoms with van der Waals surface area (Å²) in [7, 11) is 0. The van der Waals surface area contributed by atoms with E-state index in [1.165, 1.54) is 16.9 Å². The molecule has 5 heteroatoms. The van der Waals surface area contributed by atoms with Crippen LogP contribution >= 0.6 is 23.1 Å². The Morgan fingerprint density at radius 2 is 2.09 bits per heavy atom. The number of hydrogen-bond acceptors (Lipinski definition) is 4. The lowest BCUT2D eigenvalue weighted by Crippen LogP contribution is -2.22. The van der Waals surface area contributed by atoms with Crippen molar-refractivity contribution in [2.45, 2.75) is 25.5 Å². The first kappa shape index (κ1) is 16.0. The van der Waals surface area contributed by atoms with Crippen molar-refractivity contribution < 1.29 is 0 Å². The minimum absolute atomic E-state index is 0.0164. The first-order valence-electron chi connectivity index (χ1n) is 7.48. The van der Waals surface area contributed by atoms with Gasteiger partial charge in [0.1, 0.15) is 4.83 Å². The van der Waals surface area contributed by atoms with E-state index < -0.39 is 0 Å². The van der Waals surface area contributed by atoms with Crippen molar-refractivity contribution in [3.8, 4) is 11.1 Å². The molecule has 0 radical (unpaired) electrons. The van der Waals surface area contributed by atoms with E-state index in [-0.39, 0.29) is 5.56 Å². The monoisotopic (exact) mass is 342 g/mol. The van der Waals surface area contributed by atoms with Crippen molar-refractivity contribution in [1.29, 1.82) is 0 Å². The van der Waals surface area contributed by atoms with Crippen LogP contribution in [0.15, 0.2) is 52.3 Å². The van der Waals surface area contributed by atoms with Crippen LogP contribution in [0.2, 0.25) is 0 Å². The van der Waals surface area contributed by atoms with Gasteiger partial charge in [-0.3, -0.25) is 9.36 Å². The van der Waals surface area contributed by atoms with Gasteiger partial charge in [0.25, 0.3) is 5.56 Å². The molecule has 0 bridgehead atoms. The van der Waals surface area contributed by atoms with Gasteiger partial charge in [-0.1, -0.05) is 54.6 Å². The van der Waals surface area contributed by atoms with Crippen molar-refractivity contribution in [2.75, 3.05) is 5.75 Å². The number of thiophene rings is 1. The van der Waals surface area contributed by atoms with Gasteiger partial charge in [-0.2, -0.15) is 0 Å². The zero-order valence-corrected chi connectivity index (χ0v) is 14.8. The molecule has 118 valence electrons. The third-order valence-corrected chi connectivity index (χ3v) is 5.34. The Morgan fingerprint density at radius 1 is 1.35 bits per heavy atom. The van der Waals surface area contributed by atoms with Crippen LogP contribution < -0.4 is 5.56 Å². The van der Waals surface area contributed by atoms with E-state index in [1.807, 2.05) is 5.38 Å². The maximum atomic E-state index is 13.0. The normalized spacial score (nSPS) is 11.0. The van der Waals surface area contributed by atoms with Crippen LogP contribution in [0.1, 0.15) is 12.5 Å². The number of rotatable bonds is 5. The summed E-state index contributed by atoms with van der Waals surface area (Å²) in [5, 5.41) is 3.51. The van der Waals surface area contributed by atoms with E-state index >= 15 is 0 Å². The third-order valence-electron chi connectivity index (χ3n) is 3.61. The van der Waals surface area contributed by atoms with Gasteiger partial charge in [-0.25, -0.2) is 4.98 Å².